The molecule has 1 saturated heterocycles. The largest absolute Gasteiger partial charge is 0.339 e. The number of likely N-dealkylation sites (tertiary alicyclic amines) is 1. The van der Waals surface area contributed by atoms with Crippen molar-refractivity contribution >= 4 is 15.7 Å². The van der Waals surface area contributed by atoms with Crippen LogP contribution in [0.5, 0.6) is 0 Å². The van der Waals surface area contributed by atoms with Gasteiger partial charge in [-0.15, -0.1) is 0 Å². The number of hydrogen-bond donors (Lipinski definition) is 1. The first-order chi connectivity index (χ1) is 14.8. The lowest BCUT2D eigenvalue weighted by Crippen LogP contribution is -2.46. The first-order valence-corrected chi connectivity index (χ1v) is 12.1. The molecule has 0 aliphatic carbocycles. The van der Waals surface area contributed by atoms with Gasteiger partial charge >= 0.3 is 0 Å². The van der Waals surface area contributed by atoms with Crippen molar-refractivity contribution in [1.82, 2.24) is 14.5 Å². The fourth-order valence-electron chi connectivity index (χ4n) is 4.40. The van der Waals surface area contributed by atoms with Crippen LogP contribution in [-0.2, 0) is 29.0 Å². The maximum absolute atomic E-state index is 12.7. The maximum Gasteiger partial charge on any atom is 0.280 e. The highest BCUT2D eigenvalue weighted by Gasteiger charge is 2.38. The summed E-state index contributed by atoms with van der Waals surface area (Å²) in [6.45, 7) is 7.58. The van der Waals surface area contributed by atoms with Crippen LogP contribution in [0.1, 0.15) is 31.4 Å². The molecule has 1 N–H and O–H groups in total. The molecule has 0 radical (unpaired) electrons. The molecule has 0 amide bonds. The average molecular weight is 439 g/mol. The van der Waals surface area contributed by atoms with Gasteiger partial charge in [0.1, 0.15) is 0 Å². The summed E-state index contributed by atoms with van der Waals surface area (Å²) in [6.07, 6.45) is 4.01. The highest BCUT2D eigenvalue weighted by molar-refractivity contribution is 7.92. The van der Waals surface area contributed by atoms with Gasteiger partial charge in [0.2, 0.25) is 0 Å². The zero-order valence-corrected chi connectivity index (χ0v) is 19.1. The van der Waals surface area contributed by atoms with Crippen LogP contribution in [0.2, 0.25) is 0 Å². The van der Waals surface area contributed by atoms with E-state index in [4.69, 9.17) is 0 Å². The van der Waals surface area contributed by atoms with Crippen molar-refractivity contribution in [2.45, 2.75) is 37.3 Å². The van der Waals surface area contributed by atoms with Crippen LogP contribution >= 0.6 is 0 Å². The molecule has 0 unspecified atom stereocenters. The van der Waals surface area contributed by atoms with E-state index < -0.39 is 10.0 Å². The molecule has 1 aliphatic rings. The molecule has 4 rings (SSSR count). The lowest BCUT2D eigenvalue weighted by atomic mass is 9.68. The first-order valence-electron chi connectivity index (χ1n) is 10.6. The Labute approximate surface area is 185 Å². The number of anilines is 1. The summed E-state index contributed by atoms with van der Waals surface area (Å²) in [6, 6.07) is 18.4. The molecule has 0 saturated carbocycles. The summed E-state index contributed by atoms with van der Waals surface area (Å²) < 4.78 is 29.6. The number of nitrogens with zero attached hydrogens (tertiary/aromatic N) is 3. The van der Waals surface area contributed by atoms with Crippen molar-refractivity contribution in [2.75, 3.05) is 17.8 Å². The minimum atomic E-state index is -3.71. The number of piperidine rings is 1. The van der Waals surface area contributed by atoms with E-state index >= 15 is 0 Å². The summed E-state index contributed by atoms with van der Waals surface area (Å²) in [4.78, 5) is 6.48. The standard InChI is InChI=1S/C24H30N4O2S/c1-19-15-28(16-20-8-5-4-6-9-20)13-12-24(19,2)21-10-7-11-22(14-21)26-31(29,30)23-17-27(3)18-25-23/h4-11,14,17-19,26H,12-13,15-16H2,1-3H3/t19-,24-/m0/s1. The molecule has 6 nitrogen and oxygen atoms in total. The third-order valence-corrected chi connectivity index (χ3v) is 7.81. The lowest BCUT2D eigenvalue weighted by Gasteiger charge is -2.45. The lowest BCUT2D eigenvalue weighted by molar-refractivity contribution is 0.105. The van der Waals surface area contributed by atoms with Gasteiger partial charge in [-0.2, -0.15) is 8.42 Å². The van der Waals surface area contributed by atoms with Crippen molar-refractivity contribution in [3.05, 3.63) is 78.2 Å². The molecular formula is C24H30N4O2S. The van der Waals surface area contributed by atoms with Gasteiger partial charge in [0, 0.05) is 32.0 Å². The Morgan fingerprint density at radius 3 is 2.61 bits per heavy atom. The second-order valence-corrected chi connectivity index (χ2v) is 10.5. The monoisotopic (exact) mass is 438 g/mol. The Bertz CT molecular complexity index is 1140. The zero-order valence-electron chi connectivity index (χ0n) is 18.3. The number of sulfonamides is 1. The number of hydrogen-bond acceptors (Lipinski definition) is 4. The van der Waals surface area contributed by atoms with Crippen LogP contribution in [0.4, 0.5) is 5.69 Å². The van der Waals surface area contributed by atoms with Gasteiger partial charge in [-0.25, -0.2) is 4.98 Å². The van der Waals surface area contributed by atoms with E-state index in [0.29, 0.717) is 11.6 Å². The van der Waals surface area contributed by atoms with Crippen molar-refractivity contribution in [3.8, 4) is 0 Å². The van der Waals surface area contributed by atoms with E-state index in [2.05, 4.69) is 64.9 Å². The van der Waals surface area contributed by atoms with Crippen LogP contribution in [-0.4, -0.2) is 36.0 Å². The Hall–Kier alpha value is -2.64. The van der Waals surface area contributed by atoms with Crippen LogP contribution in [0.25, 0.3) is 0 Å². The second-order valence-electron chi connectivity index (χ2n) is 8.85. The van der Waals surface area contributed by atoms with E-state index in [1.807, 2.05) is 12.1 Å². The molecule has 1 aliphatic heterocycles. The summed E-state index contributed by atoms with van der Waals surface area (Å²) in [5.74, 6) is 0.438. The highest BCUT2D eigenvalue weighted by atomic mass is 32.2. The summed E-state index contributed by atoms with van der Waals surface area (Å²) >= 11 is 0. The number of aromatic nitrogens is 2. The first kappa shape index (κ1) is 21.6. The predicted molar refractivity (Wildman–Crippen MR) is 123 cm³/mol. The molecule has 1 aromatic heterocycles. The Morgan fingerprint density at radius 1 is 1.16 bits per heavy atom. The minimum Gasteiger partial charge on any atom is -0.339 e. The number of aryl methyl sites for hydroxylation is 1. The van der Waals surface area contributed by atoms with Gasteiger partial charge < -0.3 is 4.57 Å². The maximum atomic E-state index is 12.7. The predicted octanol–water partition coefficient (Wildman–Crippen LogP) is 4.02. The Kier molecular flexibility index (Phi) is 5.90. The van der Waals surface area contributed by atoms with Crippen molar-refractivity contribution < 1.29 is 8.42 Å². The van der Waals surface area contributed by atoms with Gasteiger partial charge in [-0.3, -0.25) is 9.62 Å². The van der Waals surface area contributed by atoms with Crippen LogP contribution in [0, 0.1) is 5.92 Å². The summed E-state index contributed by atoms with van der Waals surface area (Å²) in [7, 11) is -1.96. The molecule has 0 bridgehead atoms. The topological polar surface area (TPSA) is 67.2 Å². The summed E-state index contributed by atoms with van der Waals surface area (Å²) in [5.41, 5.74) is 3.06. The Morgan fingerprint density at radius 2 is 1.94 bits per heavy atom. The van der Waals surface area contributed by atoms with E-state index in [1.54, 1.807) is 17.7 Å². The fourth-order valence-corrected chi connectivity index (χ4v) is 5.44. The smallest absolute Gasteiger partial charge is 0.280 e. The SMILES string of the molecule is C[C@H]1CN(Cc2ccccc2)CC[C@]1(C)c1cccc(NS(=O)(=O)c2cn(C)cn2)c1. The molecule has 2 atom stereocenters. The number of imidazole rings is 1. The Balaban J connectivity index is 1.49. The molecule has 2 aromatic carbocycles. The van der Waals surface area contributed by atoms with E-state index in [0.717, 1.165) is 26.1 Å². The van der Waals surface area contributed by atoms with E-state index in [-0.39, 0.29) is 10.4 Å². The fraction of sp³-hybridized carbons (Fsp3) is 0.375. The van der Waals surface area contributed by atoms with Crippen LogP contribution < -0.4 is 4.72 Å². The molecule has 1 fully saturated rings. The molecule has 2 heterocycles. The van der Waals surface area contributed by atoms with E-state index in [1.165, 1.54) is 23.7 Å². The highest BCUT2D eigenvalue weighted by Crippen LogP contribution is 2.40. The molecule has 164 valence electrons. The third-order valence-electron chi connectivity index (χ3n) is 6.55. The quantitative estimate of drug-likeness (QED) is 0.631. The average Bonchev–Trinajstić information content (AvgIpc) is 3.19. The zero-order chi connectivity index (χ0) is 22.1. The van der Waals surface area contributed by atoms with Crippen molar-refractivity contribution in [3.63, 3.8) is 0 Å². The molecule has 7 heteroatoms. The van der Waals surface area contributed by atoms with E-state index in [9.17, 15) is 8.42 Å². The van der Waals surface area contributed by atoms with Gasteiger partial charge in [0.05, 0.1) is 6.33 Å². The van der Waals surface area contributed by atoms with Gasteiger partial charge in [0.25, 0.3) is 10.0 Å². The molecule has 31 heavy (non-hydrogen) atoms. The minimum absolute atomic E-state index is 0.0142. The molecular weight excluding hydrogens is 408 g/mol. The summed E-state index contributed by atoms with van der Waals surface area (Å²) in [5, 5.41) is 0.0224. The van der Waals surface area contributed by atoms with Crippen molar-refractivity contribution in [2.24, 2.45) is 13.0 Å². The number of rotatable bonds is 6. The third kappa shape index (κ3) is 4.67. The molecule has 0 spiro atoms. The van der Waals surface area contributed by atoms with Gasteiger partial charge in [0.15, 0.2) is 5.03 Å². The normalized spacial score (nSPS) is 22.4. The van der Waals surface area contributed by atoms with Gasteiger partial charge in [-0.05, 0) is 47.6 Å². The van der Waals surface area contributed by atoms with Crippen LogP contribution in [0.15, 0.2) is 72.1 Å². The van der Waals surface area contributed by atoms with Gasteiger partial charge in [-0.1, -0.05) is 56.3 Å². The second kappa shape index (κ2) is 8.48. The number of benzene rings is 2. The van der Waals surface area contributed by atoms with Crippen molar-refractivity contribution in [1.29, 1.82) is 0 Å². The molecule has 3 aromatic rings. The number of nitrogens with one attached hydrogen (secondary N) is 1. The van der Waals surface area contributed by atoms with Crippen LogP contribution in [0.3, 0.4) is 0 Å².